The molecule has 0 unspecified atom stereocenters. The van der Waals surface area contributed by atoms with E-state index < -0.39 is 0 Å². The van der Waals surface area contributed by atoms with Gasteiger partial charge in [0.05, 0.1) is 0 Å². The Balaban J connectivity index is 2.08. The van der Waals surface area contributed by atoms with Gasteiger partial charge in [0.25, 0.3) is 0 Å². The van der Waals surface area contributed by atoms with Crippen LogP contribution < -0.4 is 5.32 Å². The highest BCUT2D eigenvalue weighted by atomic mass is 14.9. The molecule has 0 saturated heterocycles. The Morgan fingerprint density at radius 1 is 1.05 bits per heavy atom. The summed E-state index contributed by atoms with van der Waals surface area (Å²) < 4.78 is 0. The minimum absolute atomic E-state index is 0.254. The topological polar surface area (TPSA) is 12.0 Å². The second-order valence-electron chi connectivity index (χ2n) is 6.47. The average molecular weight is 267 g/mol. The number of allylic oxidation sites excluding steroid dienone is 1. The SMILES string of the molecule is C[C@@H](NC/C=C/C(C)(C)C)c1cccc2ccccc12. The Bertz CT molecular complexity index is 585. The van der Waals surface area contributed by atoms with E-state index in [1.165, 1.54) is 16.3 Å². The van der Waals surface area contributed by atoms with E-state index in [9.17, 15) is 0 Å². The van der Waals surface area contributed by atoms with Gasteiger partial charge in [-0.1, -0.05) is 75.4 Å². The maximum atomic E-state index is 3.58. The molecule has 0 radical (unpaired) electrons. The molecule has 0 heterocycles. The summed E-state index contributed by atoms with van der Waals surface area (Å²) in [6.07, 6.45) is 4.48. The Hall–Kier alpha value is -1.60. The smallest absolute Gasteiger partial charge is 0.0300 e. The fourth-order valence-corrected chi connectivity index (χ4v) is 2.40. The third-order valence-corrected chi connectivity index (χ3v) is 3.45. The van der Waals surface area contributed by atoms with Crippen molar-refractivity contribution in [1.82, 2.24) is 5.32 Å². The van der Waals surface area contributed by atoms with Crippen LogP contribution in [0.2, 0.25) is 0 Å². The van der Waals surface area contributed by atoms with E-state index in [0.29, 0.717) is 6.04 Å². The number of hydrogen-bond donors (Lipinski definition) is 1. The fourth-order valence-electron chi connectivity index (χ4n) is 2.40. The molecule has 0 aromatic heterocycles. The van der Waals surface area contributed by atoms with Crippen molar-refractivity contribution >= 4 is 10.8 Å². The van der Waals surface area contributed by atoms with E-state index in [0.717, 1.165) is 6.54 Å². The molecule has 20 heavy (non-hydrogen) atoms. The van der Waals surface area contributed by atoms with Crippen molar-refractivity contribution in [2.45, 2.75) is 33.7 Å². The molecule has 0 saturated carbocycles. The maximum Gasteiger partial charge on any atom is 0.0300 e. The highest BCUT2D eigenvalue weighted by Crippen LogP contribution is 2.23. The van der Waals surface area contributed by atoms with Crippen molar-refractivity contribution in [3.63, 3.8) is 0 Å². The van der Waals surface area contributed by atoms with Crippen molar-refractivity contribution in [2.24, 2.45) is 5.41 Å². The summed E-state index contributed by atoms with van der Waals surface area (Å²) in [5, 5.41) is 6.23. The highest BCUT2D eigenvalue weighted by Gasteiger charge is 2.08. The molecule has 1 N–H and O–H groups in total. The van der Waals surface area contributed by atoms with Crippen LogP contribution in [0.5, 0.6) is 0 Å². The Kier molecular flexibility index (Phi) is 4.61. The van der Waals surface area contributed by atoms with Gasteiger partial charge in [-0.2, -0.15) is 0 Å². The lowest BCUT2D eigenvalue weighted by Gasteiger charge is -2.16. The highest BCUT2D eigenvalue weighted by molar-refractivity contribution is 5.86. The summed E-state index contributed by atoms with van der Waals surface area (Å²) in [5.41, 5.74) is 1.62. The predicted octanol–water partition coefficient (Wildman–Crippen LogP) is 5.09. The van der Waals surface area contributed by atoms with Gasteiger partial charge in [-0.05, 0) is 28.7 Å². The molecule has 2 aromatic carbocycles. The molecule has 0 spiro atoms. The minimum Gasteiger partial charge on any atom is -0.307 e. The van der Waals surface area contributed by atoms with Gasteiger partial charge in [0.15, 0.2) is 0 Å². The summed E-state index contributed by atoms with van der Waals surface area (Å²) in [4.78, 5) is 0. The Morgan fingerprint density at radius 2 is 1.75 bits per heavy atom. The van der Waals surface area contributed by atoms with Gasteiger partial charge in [0.2, 0.25) is 0 Å². The van der Waals surface area contributed by atoms with E-state index in [1.54, 1.807) is 0 Å². The summed E-state index contributed by atoms with van der Waals surface area (Å²) in [5.74, 6) is 0. The molecule has 1 heteroatoms. The second kappa shape index (κ2) is 6.23. The zero-order valence-corrected chi connectivity index (χ0v) is 13.0. The van der Waals surface area contributed by atoms with Crippen molar-refractivity contribution in [2.75, 3.05) is 6.54 Å². The van der Waals surface area contributed by atoms with Gasteiger partial charge < -0.3 is 5.32 Å². The largest absolute Gasteiger partial charge is 0.307 e. The first-order valence-corrected chi connectivity index (χ1v) is 7.36. The van der Waals surface area contributed by atoms with Crippen LogP contribution in [0.4, 0.5) is 0 Å². The lowest BCUT2D eigenvalue weighted by molar-refractivity contribution is 0.539. The van der Waals surface area contributed by atoms with Gasteiger partial charge in [-0.25, -0.2) is 0 Å². The monoisotopic (exact) mass is 267 g/mol. The standard InChI is InChI=1S/C19H25N/c1-15(20-14-8-13-19(2,3)4)17-12-7-10-16-9-5-6-11-18(16)17/h5-13,15,20H,14H2,1-4H3/b13-8+/t15-/m1/s1. The van der Waals surface area contributed by atoms with Gasteiger partial charge >= 0.3 is 0 Å². The molecule has 2 aromatic rings. The number of rotatable bonds is 4. The van der Waals surface area contributed by atoms with E-state index >= 15 is 0 Å². The molecule has 2 rings (SSSR count). The predicted molar refractivity (Wildman–Crippen MR) is 89.0 cm³/mol. The van der Waals surface area contributed by atoms with Crippen LogP contribution in [0, 0.1) is 5.41 Å². The fraction of sp³-hybridized carbons (Fsp3) is 0.368. The zero-order valence-electron chi connectivity index (χ0n) is 13.0. The number of hydrogen-bond acceptors (Lipinski definition) is 1. The molecule has 0 aliphatic carbocycles. The Labute approximate surface area is 122 Å². The first-order valence-electron chi connectivity index (χ1n) is 7.36. The summed E-state index contributed by atoms with van der Waals surface area (Å²) >= 11 is 0. The second-order valence-corrected chi connectivity index (χ2v) is 6.47. The first-order chi connectivity index (χ1) is 9.47. The average Bonchev–Trinajstić information content (AvgIpc) is 2.41. The van der Waals surface area contributed by atoms with E-state index in [1.807, 2.05) is 0 Å². The molecular formula is C19H25N. The van der Waals surface area contributed by atoms with Crippen LogP contribution in [-0.2, 0) is 0 Å². The van der Waals surface area contributed by atoms with Crippen LogP contribution in [0.3, 0.4) is 0 Å². The third kappa shape index (κ3) is 3.94. The van der Waals surface area contributed by atoms with Crippen LogP contribution >= 0.6 is 0 Å². The number of nitrogens with one attached hydrogen (secondary N) is 1. The zero-order chi connectivity index (χ0) is 14.6. The molecular weight excluding hydrogens is 242 g/mol. The molecule has 0 aliphatic heterocycles. The van der Waals surface area contributed by atoms with Crippen molar-refractivity contribution in [1.29, 1.82) is 0 Å². The third-order valence-electron chi connectivity index (χ3n) is 3.45. The van der Waals surface area contributed by atoms with Gasteiger partial charge in [0, 0.05) is 12.6 Å². The molecule has 0 fully saturated rings. The van der Waals surface area contributed by atoms with Crippen LogP contribution in [0.15, 0.2) is 54.6 Å². The van der Waals surface area contributed by atoms with Gasteiger partial charge in [-0.3, -0.25) is 0 Å². The summed E-state index contributed by atoms with van der Waals surface area (Å²) in [6.45, 7) is 9.79. The minimum atomic E-state index is 0.254. The molecule has 0 aliphatic rings. The lowest BCUT2D eigenvalue weighted by Crippen LogP contribution is -2.19. The first kappa shape index (κ1) is 14.8. The van der Waals surface area contributed by atoms with Crippen LogP contribution in [-0.4, -0.2) is 6.54 Å². The molecule has 1 atom stereocenters. The summed E-state index contributed by atoms with van der Waals surface area (Å²) in [6, 6.07) is 15.5. The quantitative estimate of drug-likeness (QED) is 0.761. The van der Waals surface area contributed by atoms with Crippen LogP contribution in [0.1, 0.15) is 39.3 Å². The molecule has 0 amide bonds. The molecule has 106 valence electrons. The van der Waals surface area contributed by atoms with Crippen LogP contribution in [0.25, 0.3) is 10.8 Å². The summed E-state index contributed by atoms with van der Waals surface area (Å²) in [7, 11) is 0. The lowest BCUT2D eigenvalue weighted by atomic mass is 9.96. The van der Waals surface area contributed by atoms with Crippen molar-refractivity contribution in [3.05, 3.63) is 60.2 Å². The normalized spacial score (nSPS) is 14.0. The molecule has 1 nitrogen and oxygen atoms in total. The maximum absolute atomic E-state index is 3.58. The van der Waals surface area contributed by atoms with Gasteiger partial charge in [-0.15, -0.1) is 0 Å². The molecule has 0 bridgehead atoms. The van der Waals surface area contributed by atoms with Crippen molar-refractivity contribution in [3.8, 4) is 0 Å². The van der Waals surface area contributed by atoms with E-state index in [4.69, 9.17) is 0 Å². The van der Waals surface area contributed by atoms with Crippen molar-refractivity contribution < 1.29 is 0 Å². The number of fused-ring (bicyclic) bond motifs is 1. The van der Waals surface area contributed by atoms with E-state index in [2.05, 4.69) is 87.6 Å². The van der Waals surface area contributed by atoms with Gasteiger partial charge in [0.1, 0.15) is 0 Å². The Morgan fingerprint density at radius 3 is 2.50 bits per heavy atom. The van der Waals surface area contributed by atoms with E-state index in [-0.39, 0.29) is 5.41 Å². The number of benzene rings is 2.